The minimum atomic E-state index is 0.693. The topological polar surface area (TPSA) is 66.7 Å². The van der Waals surface area contributed by atoms with Crippen molar-refractivity contribution in [1.29, 1.82) is 0 Å². The first-order valence-corrected chi connectivity index (χ1v) is 9.52. The molecule has 0 unspecified atom stereocenters. The molecular weight excluding hydrogens is 316 g/mol. The van der Waals surface area contributed by atoms with Crippen molar-refractivity contribution in [3.63, 3.8) is 0 Å². The Morgan fingerprint density at radius 3 is 2.80 bits per heavy atom. The number of aryl methyl sites for hydroxylation is 1. The van der Waals surface area contributed by atoms with Gasteiger partial charge in [0.1, 0.15) is 0 Å². The van der Waals surface area contributed by atoms with Crippen LogP contribution in [0.3, 0.4) is 0 Å². The minimum Gasteiger partial charge on any atom is -0.383 e. The van der Waals surface area contributed by atoms with Gasteiger partial charge in [0.05, 0.1) is 6.61 Å². The van der Waals surface area contributed by atoms with Gasteiger partial charge in [-0.15, -0.1) is 0 Å². The Kier molecular flexibility index (Phi) is 9.36. The number of ether oxygens (including phenoxy) is 1. The van der Waals surface area contributed by atoms with Crippen molar-refractivity contribution < 1.29 is 4.74 Å². The lowest BCUT2D eigenvalue weighted by Crippen LogP contribution is -2.39. The Balaban J connectivity index is 1.65. The third-order valence-corrected chi connectivity index (χ3v) is 4.59. The first kappa shape index (κ1) is 19.7. The fourth-order valence-corrected chi connectivity index (χ4v) is 3.06. The van der Waals surface area contributed by atoms with Gasteiger partial charge >= 0.3 is 0 Å². The van der Waals surface area contributed by atoms with Crippen molar-refractivity contribution in [3.05, 3.63) is 18.5 Å². The normalized spacial score (nSPS) is 17.0. The molecule has 7 nitrogen and oxygen atoms in total. The van der Waals surface area contributed by atoms with Crippen LogP contribution in [-0.4, -0.2) is 73.6 Å². The average Bonchev–Trinajstić information content (AvgIpc) is 3.15. The number of aliphatic imine (C=N–C) groups is 1. The first-order valence-electron chi connectivity index (χ1n) is 9.52. The molecule has 2 rings (SSSR count). The Hall–Kier alpha value is -1.60. The summed E-state index contributed by atoms with van der Waals surface area (Å²) in [6.45, 7) is 9.94. The van der Waals surface area contributed by atoms with Gasteiger partial charge in [-0.05, 0) is 51.3 Å². The fourth-order valence-electron chi connectivity index (χ4n) is 3.06. The van der Waals surface area contributed by atoms with Gasteiger partial charge in [-0.25, -0.2) is 0 Å². The average molecular weight is 351 g/mol. The fraction of sp³-hybridized carbons (Fsp3) is 0.778. The van der Waals surface area contributed by atoms with Crippen molar-refractivity contribution >= 4 is 5.96 Å². The molecule has 1 aliphatic rings. The molecule has 1 saturated heterocycles. The van der Waals surface area contributed by atoms with Crippen LogP contribution in [0, 0.1) is 5.92 Å². The number of aromatic nitrogens is 2. The molecule has 0 bridgehead atoms. The van der Waals surface area contributed by atoms with Crippen molar-refractivity contribution in [2.75, 3.05) is 53.0 Å². The highest BCUT2D eigenvalue weighted by Crippen LogP contribution is 2.17. The lowest BCUT2D eigenvalue weighted by Gasteiger charge is -2.31. The molecule has 0 atom stereocenters. The van der Waals surface area contributed by atoms with E-state index in [9.17, 15) is 0 Å². The van der Waals surface area contributed by atoms with Gasteiger partial charge in [0, 0.05) is 52.2 Å². The van der Waals surface area contributed by atoms with Crippen molar-refractivity contribution in [2.45, 2.75) is 32.7 Å². The molecule has 2 N–H and O–H groups in total. The van der Waals surface area contributed by atoms with Crippen LogP contribution in [0.25, 0.3) is 0 Å². The molecule has 7 heteroatoms. The second-order valence-electron chi connectivity index (χ2n) is 6.55. The molecular formula is C18H34N6O. The number of nitrogens with one attached hydrogen (secondary N) is 2. The number of methoxy groups -OCH3 is 1. The van der Waals surface area contributed by atoms with Gasteiger partial charge in [-0.1, -0.05) is 0 Å². The van der Waals surface area contributed by atoms with Crippen LogP contribution in [0.1, 0.15) is 26.2 Å². The molecule has 1 fully saturated rings. The molecule has 1 aromatic rings. The second kappa shape index (κ2) is 11.9. The summed E-state index contributed by atoms with van der Waals surface area (Å²) in [5, 5.41) is 11.0. The molecule has 0 amide bonds. The zero-order valence-corrected chi connectivity index (χ0v) is 15.8. The van der Waals surface area contributed by atoms with Gasteiger partial charge in [0.15, 0.2) is 5.96 Å². The summed E-state index contributed by atoms with van der Waals surface area (Å²) < 4.78 is 7.12. The van der Waals surface area contributed by atoms with Gasteiger partial charge in [0.2, 0.25) is 0 Å². The van der Waals surface area contributed by atoms with E-state index in [0.29, 0.717) is 5.92 Å². The van der Waals surface area contributed by atoms with Crippen LogP contribution < -0.4 is 10.6 Å². The third kappa shape index (κ3) is 7.88. The maximum Gasteiger partial charge on any atom is 0.191 e. The van der Waals surface area contributed by atoms with Crippen molar-refractivity contribution in [2.24, 2.45) is 10.9 Å². The molecule has 1 aromatic heterocycles. The van der Waals surface area contributed by atoms with Crippen molar-refractivity contribution in [1.82, 2.24) is 25.3 Å². The van der Waals surface area contributed by atoms with Crippen LogP contribution in [0.2, 0.25) is 0 Å². The van der Waals surface area contributed by atoms with Crippen LogP contribution in [0.4, 0.5) is 0 Å². The Labute approximate surface area is 151 Å². The molecule has 0 aliphatic carbocycles. The summed E-state index contributed by atoms with van der Waals surface area (Å²) >= 11 is 0. The number of hydrogen-bond acceptors (Lipinski definition) is 4. The summed E-state index contributed by atoms with van der Waals surface area (Å²) in [5.74, 6) is 1.63. The van der Waals surface area contributed by atoms with Gasteiger partial charge < -0.3 is 20.3 Å². The molecule has 0 radical (unpaired) electrons. The van der Waals surface area contributed by atoms with Crippen LogP contribution in [0.15, 0.2) is 23.5 Å². The lowest BCUT2D eigenvalue weighted by atomic mass is 9.97. The maximum atomic E-state index is 5.16. The van der Waals surface area contributed by atoms with Gasteiger partial charge in [-0.3, -0.25) is 9.67 Å². The Bertz CT molecular complexity index is 468. The van der Waals surface area contributed by atoms with Gasteiger partial charge in [-0.2, -0.15) is 5.10 Å². The summed E-state index contributed by atoms with van der Waals surface area (Å²) in [6.07, 6.45) is 7.31. The smallest absolute Gasteiger partial charge is 0.191 e. The summed E-state index contributed by atoms with van der Waals surface area (Å²) in [5.41, 5.74) is 0. The summed E-state index contributed by atoms with van der Waals surface area (Å²) in [6, 6.07) is 1.96. The zero-order chi connectivity index (χ0) is 17.7. The van der Waals surface area contributed by atoms with E-state index in [4.69, 9.17) is 9.73 Å². The molecule has 0 saturated carbocycles. The predicted octanol–water partition coefficient (Wildman–Crippen LogP) is 1.19. The predicted molar refractivity (Wildman–Crippen MR) is 102 cm³/mol. The van der Waals surface area contributed by atoms with Crippen LogP contribution in [-0.2, 0) is 11.3 Å². The second-order valence-corrected chi connectivity index (χ2v) is 6.55. The van der Waals surface area contributed by atoms with Crippen LogP contribution >= 0.6 is 0 Å². The largest absolute Gasteiger partial charge is 0.383 e. The highest BCUT2D eigenvalue weighted by molar-refractivity contribution is 5.79. The maximum absolute atomic E-state index is 5.16. The molecule has 142 valence electrons. The van der Waals surface area contributed by atoms with Crippen molar-refractivity contribution in [3.8, 4) is 0 Å². The number of nitrogens with zero attached hydrogens (tertiary/aromatic N) is 4. The number of piperidine rings is 1. The molecule has 0 aromatic carbocycles. The highest BCUT2D eigenvalue weighted by Gasteiger charge is 2.18. The lowest BCUT2D eigenvalue weighted by molar-refractivity contribution is 0.121. The Morgan fingerprint density at radius 1 is 1.28 bits per heavy atom. The first-order chi connectivity index (χ1) is 12.3. The number of likely N-dealkylation sites (tertiary alicyclic amines) is 1. The summed E-state index contributed by atoms with van der Waals surface area (Å²) in [7, 11) is 1.77. The van der Waals surface area contributed by atoms with E-state index < -0.39 is 0 Å². The highest BCUT2D eigenvalue weighted by atomic mass is 16.5. The molecule has 25 heavy (non-hydrogen) atoms. The number of guanidine groups is 1. The number of hydrogen-bond donors (Lipinski definition) is 2. The van der Waals surface area contributed by atoms with E-state index in [-0.39, 0.29) is 0 Å². The SMILES string of the molecule is CCNC(=NCC1CCN(CCOC)CC1)NCCCn1cccn1. The van der Waals surface area contributed by atoms with Crippen LogP contribution in [0.5, 0.6) is 0 Å². The summed E-state index contributed by atoms with van der Waals surface area (Å²) in [4.78, 5) is 7.28. The minimum absolute atomic E-state index is 0.693. The molecule has 2 heterocycles. The Morgan fingerprint density at radius 2 is 2.12 bits per heavy atom. The van der Waals surface area contributed by atoms with E-state index >= 15 is 0 Å². The van der Waals surface area contributed by atoms with E-state index in [1.807, 2.05) is 23.1 Å². The monoisotopic (exact) mass is 350 g/mol. The van der Waals surface area contributed by atoms with E-state index in [1.54, 1.807) is 7.11 Å². The van der Waals surface area contributed by atoms with E-state index in [1.165, 1.54) is 12.8 Å². The number of rotatable bonds is 10. The molecule has 1 aliphatic heterocycles. The molecule has 0 spiro atoms. The zero-order valence-electron chi connectivity index (χ0n) is 15.8. The van der Waals surface area contributed by atoms with Gasteiger partial charge in [0.25, 0.3) is 0 Å². The quantitative estimate of drug-likeness (QED) is 0.377. The van der Waals surface area contributed by atoms with E-state index in [0.717, 1.165) is 64.8 Å². The third-order valence-electron chi connectivity index (χ3n) is 4.59. The van der Waals surface area contributed by atoms with E-state index in [2.05, 4.69) is 27.6 Å². The standard InChI is InChI=1S/C18H34N6O/c1-3-19-18(20-8-4-10-24-11-5-9-22-24)21-16-17-6-12-23(13-7-17)14-15-25-2/h5,9,11,17H,3-4,6-8,10,12-16H2,1-2H3,(H2,19,20,21).